The Labute approximate surface area is 278 Å². The number of carbonyl (C=O) groups excluding carboxylic acids is 1. The second-order valence-corrected chi connectivity index (χ2v) is 12.6. The van der Waals surface area contributed by atoms with Crippen LogP contribution >= 0.6 is 11.8 Å². The average molecular weight is 660 g/mol. The van der Waals surface area contributed by atoms with Gasteiger partial charge in [0.1, 0.15) is 0 Å². The van der Waals surface area contributed by atoms with E-state index in [0.29, 0.717) is 36.7 Å². The highest BCUT2D eigenvalue weighted by atomic mass is 32.2. The summed E-state index contributed by atoms with van der Waals surface area (Å²) in [5, 5.41) is 33.7. The molecule has 0 bridgehead atoms. The first-order chi connectivity index (χ1) is 22.9. The van der Waals surface area contributed by atoms with Crippen molar-refractivity contribution in [1.82, 2.24) is 25.5 Å². The standard InChI is InChI=1S/C35H41N5O6S/c1-40-35(37-38-39-40)47-23-30-20-31(26-16-14-24(22-41)15-17-26)46-34(45-30)29-11-7-10-28(19-29)27-9-6-8-25(18-27)21-36-32(42)12-4-2-3-5-13-33(43)44/h6-11,14-19,30-31,34,41H,2-5,12-13,20-23H2,1H3,(H,36,42)(H,43,44). The van der Waals surface area contributed by atoms with Gasteiger partial charge >= 0.3 is 5.97 Å². The number of tetrazole rings is 1. The molecule has 0 saturated carbocycles. The lowest BCUT2D eigenvalue weighted by Gasteiger charge is -2.36. The number of carboxylic acids is 1. The smallest absolute Gasteiger partial charge is 0.303 e. The first kappa shape index (κ1) is 34.2. The van der Waals surface area contributed by atoms with E-state index >= 15 is 0 Å². The van der Waals surface area contributed by atoms with Crippen LogP contribution in [0.25, 0.3) is 11.1 Å². The quantitative estimate of drug-likeness (QED) is 0.100. The summed E-state index contributed by atoms with van der Waals surface area (Å²) < 4.78 is 14.7. The normalized spacial score (nSPS) is 17.8. The van der Waals surface area contributed by atoms with Crippen molar-refractivity contribution in [3.8, 4) is 11.1 Å². The molecule has 2 heterocycles. The average Bonchev–Trinajstić information content (AvgIpc) is 3.52. The Kier molecular flexibility index (Phi) is 12.5. The maximum absolute atomic E-state index is 12.4. The number of nitrogens with zero attached hydrogens (tertiary/aromatic N) is 4. The number of aliphatic hydroxyl groups excluding tert-OH is 1. The van der Waals surface area contributed by atoms with E-state index in [4.69, 9.17) is 14.6 Å². The number of benzene rings is 3. The minimum absolute atomic E-state index is 0.00839. The molecule has 0 spiro atoms. The molecule has 1 amide bonds. The van der Waals surface area contributed by atoms with Crippen molar-refractivity contribution >= 4 is 23.6 Å². The second kappa shape index (κ2) is 17.2. The molecule has 248 valence electrons. The molecule has 1 aliphatic heterocycles. The van der Waals surface area contributed by atoms with Crippen LogP contribution in [0.2, 0.25) is 0 Å². The predicted octanol–water partition coefficient (Wildman–Crippen LogP) is 5.75. The zero-order valence-corrected chi connectivity index (χ0v) is 27.3. The van der Waals surface area contributed by atoms with Crippen LogP contribution in [-0.4, -0.2) is 54.2 Å². The van der Waals surface area contributed by atoms with Gasteiger partial charge in [-0.3, -0.25) is 9.59 Å². The molecule has 3 aromatic carbocycles. The molecule has 3 unspecified atom stereocenters. The fourth-order valence-corrected chi connectivity index (χ4v) is 6.33. The van der Waals surface area contributed by atoms with E-state index in [9.17, 15) is 14.7 Å². The Morgan fingerprint density at radius 2 is 1.66 bits per heavy atom. The lowest BCUT2D eigenvalue weighted by molar-refractivity contribution is -0.245. The SMILES string of the molecule is Cn1nnnc1SCC1CC(c2ccc(CO)cc2)OC(c2cccc(-c3cccc(CNC(=O)CCCCCCC(=O)O)c3)c2)O1. The van der Waals surface area contributed by atoms with Crippen LogP contribution in [0.15, 0.2) is 78.0 Å². The lowest BCUT2D eigenvalue weighted by Crippen LogP contribution is -2.31. The molecule has 11 nitrogen and oxygen atoms in total. The Hall–Kier alpha value is -4.10. The van der Waals surface area contributed by atoms with E-state index in [1.807, 2.05) is 67.7 Å². The Morgan fingerprint density at radius 1 is 0.915 bits per heavy atom. The highest BCUT2D eigenvalue weighted by Gasteiger charge is 2.32. The molecule has 47 heavy (non-hydrogen) atoms. The third-order valence-corrected chi connectivity index (χ3v) is 9.19. The van der Waals surface area contributed by atoms with E-state index in [1.54, 1.807) is 16.4 Å². The van der Waals surface area contributed by atoms with Crippen molar-refractivity contribution in [3.63, 3.8) is 0 Å². The Morgan fingerprint density at radius 3 is 2.38 bits per heavy atom. The predicted molar refractivity (Wildman–Crippen MR) is 177 cm³/mol. The van der Waals surface area contributed by atoms with Gasteiger partial charge in [-0.2, -0.15) is 0 Å². The number of unbranched alkanes of at least 4 members (excludes halogenated alkanes) is 3. The van der Waals surface area contributed by atoms with Gasteiger partial charge in [-0.05, 0) is 63.2 Å². The third-order valence-electron chi connectivity index (χ3n) is 8.05. The lowest BCUT2D eigenvalue weighted by atomic mass is 9.99. The summed E-state index contributed by atoms with van der Waals surface area (Å²) in [4.78, 5) is 23.0. The number of aliphatic hydroxyl groups is 1. The number of aryl methyl sites for hydroxylation is 1. The van der Waals surface area contributed by atoms with E-state index in [1.165, 1.54) is 0 Å². The molecular weight excluding hydrogens is 618 g/mol. The van der Waals surface area contributed by atoms with Crippen molar-refractivity contribution in [3.05, 3.63) is 95.1 Å². The number of carboxylic acid groups (broad SMARTS) is 1. The van der Waals surface area contributed by atoms with Gasteiger partial charge in [-0.25, -0.2) is 4.68 Å². The van der Waals surface area contributed by atoms with E-state index in [2.05, 4.69) is 33.0 Å². The van der Waals surface area contributed by atoms with Crippen LogP contribution in [0.4, 0.5) is 0 Å². The molecule has 0 radical (unpaired) electrons. The summed E-state index contributed by atoms with van der Waals surface area (Å²) in [6.45, 7) is 0.415. The zero-order chi connectivity index (χ0) is 33.0. The minimum Gasteiger partial charge on any atom is -0.481 e. The van der Waals surface area contributed by atoms with Crippen molar-refractivity contribution in [1.29, 1.82) is 0 Å². The van der Waals surface area contributed by atoms with Gasteiger partial charge in [0, 0.05) is 44.2 Å². The van der Waals surface area contributed by atoms with Crippen LogP contribution in [-0.2, 0) is 39.3 Å². The topological polar surface area (TPSA) is 149 Å². The number of amides is 1. The van der Waals surface area contributed by atoms with Gasteiger partial charge < -0.3 is 25.0 Å². The van der Waals surface area contributed by atoms with Crippen molar-refractivity contribution < 1.29 is 29.3 Å². The summed E-state index contributed by atoms with van der Waals surface area (Å²) in [6, 6.07) is 24.1. The first-order valence-corrected chi connectivity index (χ1v) is 16.9. The number of aromatic nitrogens is 4. The van der Waals surface area contributed by atoms with Crippen LogP contribution in [0.5, 0.6) is 0 Å². The van der Waals surface area contributed by atoms with Gasteiger partial charge in [0.05, 0.1) is 18.8 Å². The van der Waals surface area contributed by atoms with E-state index < -0.39 is 12.3 Å². The van der Waals surface area contributed by atoms with E-state index in [-0.39, 0.29) is 31.1 Å². The minimum atomic E-state index is -0.779. The van der Waals surface area contributed by atoms with Gasteiger partial charge in [-0.15, -0.1) is 5.10 Å². The largest absolute Gasteiger partial charge is 0.481 e. The number of hydrogen-bond acceptors (Lipinski definition) is 9. The van der Waals surface area contributed by atoms with Gasteiger partial charge in [0.25, 0.3) is 0 Å². The summed E-state index contributed by atoms with van der Waals surface area (Å²) in [6.07, 6.45) is 3.38. The molecule has 3 N–H and O–H groups in total. The van der Waals surface area contributed by atoms with Crippen molar-refractivity contribution in [2.45, 2.75) is 81.8 Å². The van der Waals surface area contributed by atoms with Crippen LogP contribution in [0.1, 0.15) is 79.6 Å². The fraction of sp³-hybridized carbons (Fsp3) is 0.400. The highest BCUT2D eigenvalue weighted by Crippen LogP contribution is 2.40. The van der Waals surface area contributed by atoms with Crippen molar-refractivity contribution in [2.24, 2.45) is 7.05 Å². The van der Waals surface area contributed by atoms with Gasteiger partial charge in [-0.1, -0.05) is 85.3 Å². The molecule has 4 aromatic rings. The van der Waals surface area contributed by atoms with Gasteiger partial charge in [0.2, 0.25) is 11.1 Å². The second-order valence-electron chi connectivity index (χ2n) is 11.7. The molecule has 1 saturated heterocycles. The van der Waals surface area contributed by atoms with Crippen LogP contribution < -0.4 is 5.32 Å². The number of carbonyl (C=O) groups is 2. The summed E-state index contributed by atoms with van der Waals surface area (Å²) in [5.74, 6) is -0.137. The monoisotopic (exact) mass is 659 g/mol. The summed E-state index contributed by atoms with van der Waals surface area (Å²) in [7, 11) is 1.81. The number of hydrogen-bond donors (Lipinski definition) is 3. The first-order valence-electron chi connectivity index (χ1n) is 15.9. The molecule has 5 rings (SSSR count). The summed E-state index contributed by atoms with van der Waals surface area (Å²) in [5.41, 5.74) is 5.79. The van der Waals surface area contributed by atoms with E-state index in [0.717, 1.165) is 52.6 Å². The zero-order valence-electron chi connectivity index (χ0n) is 26.5. The molecular formula is C35H41N5O6S. The number of ether oxygens (including phenoxy) is 2. The molecule has 1 fully saturated rings. The highest BCUT2D eigenvalue weighted by molar-refractivity contribution is 7.99. The van der Waals surface area contributed by atoms with Crippen LogP contribution in [0.3, 0.4) is 0 Å². The molecule has 1 aromatic heterocycles. The molecule has 3 atom stereocenters. The Bertz CT molecular complexity index is 1610. The molecule has 0 aliphatic carbocycles. The Balaban J connectivity index is 1.24. The maximum atomic E-state index is 12.4. The number of aliphatic carboxylic acids is 1. The van der Waals surface area contributed by atoms with Crippen molar-refractivity contribution in [2.75, 3.05) is 5.75 Å². The number of rotatable bonds is 16. The molecule has 1 aliphatic rings. The number of thioether (sulfide) groups is 1. The molecule has 12 heteroatoms. The fourth-order valence-electron chi connectivity index (χ4n) is 5.46. The third kappa shape index (κ3) is 10.2. The maximum Gasteiger partial charge on any atom is 0.303 e. The van der Waals surface area contributed by atoms with Gasteiger partial charge in [0.15, 0.2) is 6.29 Å². The summed E-state index contributed by atoms with van der Waals surface area (Å²) >= 11 is 1.54. The number of nitrogens with one attached hydrogen (secondary N) is 1. The van der Waals surface area contributed by atoms with Crippen LogP contribution in [0, 0.1) is 0 Å².